The van der Waals surface area contributed by atoms with Gasteiger partial charge in [0, 0.05) is 25.0 Å². The van der Waals surface area contributed by atoms with Crippen molar-refractivity contribution in [2.45, 2.75) is 0 Å². The summed E-state index contributed by atoms with van der Waals surface area (Å²) in [6, 6.07) is 12.1. The fraction of sp³-hybridized carbons (Fsp3) is 0.375. The molecule has 1 fully saturated rings. The molecule has 1 aliphatic heterocycles. The van der Waals surface area contributed by atoms with Gasteiger partial charge >= 0.3 is 0 Å². The molecule has 1 heterocycles. The molecule has 5 heteroatoms. The van der Waals surface area contributed by atoms with Gasteiger partial charge in [-0.15, -0.1) is 12.4 Å². The second-order valence-corrected chi connectivity index (χ2v) is 5.28. The van der Waals surface area contributed by atoms with E-state index in [1.807, 2.05) is 30.3 Å². The summed E-state index contributed by atoms with van der Waals surface area (Å²) in [4.78, 5) is 2.35. The number of ether oxygens (including phenoxy) is 2. The van der Waals surface area contributed by atoms with Crippen molar-refractivity contribution in [1.82, 2.24) is 4.90 Å². The van der Waals surface area contributed by atoms with Gasteiger partial charge in [0.25, 0.3) is 0 Å². The summed E-state index contributed by atoms with van der Waals surface area (Å²) in [5.74, 6) is 0.763. The van der Waals surface area contributed by atoms with E-state index in [0.29, 0.717) is 11.6 Å². The second kappa shape index (κ2) is 7.85. The minimum absolute atomic E-state index is 0. The van der Waals surface area contributed by atoms with Crippen LogP contribution in [0.5, 0.6) is 5.75 Å². The standard InChI is InChI=1S/C16H18ClNO2.ClH/c17-16-14-4-2-1-3-13(14)5-6-15(16)20-12-9-18-7-10-19-11-8-18;/h1-6H,7-12H2;1H. The van der Waals surface area contributed by atoms with Crippen LogP contribution < -0.4 is 4.74 Å². The highest BCUT2D eigenvalue weighted by Gasteiger charge is 2.11. The molecular formula is C16H19Cl2NO2. The molecule has 114 valence electrons. The number of hydrogen-bond acceptors (Lipinski definition) is 3. The molecule has 0 aromatic heterocycles. The molecule has 0 aliphatic carbocycles. The Morgan fingerprint density at radius 3 is 2.67 bits per heavy atom. The van der Waals surface area contributed by atoms with Gasteiger partial charge in [0.2, 0.25) is 0 Å². The number of morpholine rings is 1. The van der Waals surface area contributed by atoms with E-state index in [4.69, 9.17) is 21.1 Å². The molecular weight excluding hydrogens is 309 g/mol. The quantitative estimate of drug-likeness (QED) is 0.856. The summed E-state index contributed by atoms with van der Waals surface area (Å²) in [6.07, 6.45) is 0. The Kier molecular flexibility index (Phi) is 6.12. The lowest BCUT2D eigenvalue weighted by molar-refractivity contribution is 0.0322. The Morgan fingerprint density at radius 1 is 1.10 bits per heavy atom. The third-order valence-electron chi connectivity index (χ3n) is 3.60. The zero-order valence-electron chi connectivity index (χ0n) is 11.8. The lowest BCUT2D eigenvalue weighted by atomic mass is 10.1. The highest BCUT2D eigenvalue weighted by molar-refractivity contribution is 6.37. The van der Waals surface area contributed by atoms with Crippen LogP contribution >= 0.6 is 24.0 Å². The fourth-order valence-electron chi connectivity index (χ4n) is 2.43. The summed E-state index contributed by atoms with van der Waals surface area (Å²) < 4.78 is 11.2. The second-order valence-electron chi connectivity index (χ2n) is 4.90. The third-order valence-corrected chi connectivity index (χ3v) is 3.99. The van der Waals surface area contributed by atoms with E-state index in [1.165, 1.54) is 0 Å². The van der Waals surface area contributed by atoms with Crippen molar-refractivity contribution < 1.29 is 9.47 Å². The van der Waals surface area contributed by atoms with Gasteiger partial charge in [0.05, 0.1) is 18.2 Å². The molecule has 0 atom stereocenters. The molecule has 2 aromatic rings. The molecule has 1 aliphatic rings. The average molecular weight is 328 g/mol. The van der Waals surface area contributed by atoms with Gasteiger partial charge in [-0.25, -0.2) is 0 Å². The van der Waals surface area contributed by atoms with Gasteiger partial charge < -0.3 is 9.47 Å². The van der Waals surface area contributed by atoms with Crippen molar-refractivity contribution in [3.63, 3.8) is 0 Å². The smallest absolute Gasteiger partial charge is 0.138 e. The molecule has 2 aromatic carbocycles. The zero-order valence-corrected chi connectivity index (χ0v) is 13.3. The van der Waals surface area contributed by atoms with Crippen molar-refractivity contribution in [3.8, 4) is 5.75 Å². The SMILES string of the molecule is Cl.Clc1c(OCCN2CCOCC2)ccc2ccccc12. The van der Waals surface area contributed by atoms with Gasteiger partial charge in [-0.2, -0.15) is 0 Å². The first-order chi connectivity index (χ1) is 9.84. The van der Waals surface area contributed by atoms with Crippen molar-refractivity contribution in [2.24, 2.45) is 0 Å². The van der Waals surface area contributed by atoms with Crippen LogP contribution in [0.4, 0.5) is 0 Å². The van der Waals surface area contributed by atoms with Gasteiger partial charge in [-0.05, 0) is 11.5 Å². The molecule has 0 saturated carbocycles. The van der Waals surface area contributed by atoms with Crippen LogP contribution in [0.25, 0.3) is 10.8 Å². The number of nitrogens with zero attached hydrogens (tertiary/aromatic N) is 1. The predicted molar refractivity (Wildman–Crippen MR) is 89.0 cm³/mol. The Morgan fingerprint density at radius 2 is 1.86 bits per heavy atom. The van der Waals surface area contributed by atoms with E-state index in [2.05, 4.69) is 11.0 Å². The topological polar surface area (TPSA) is 21.7 Å². The zero-order chi connectivity index (χ0) is 13.8. The minimum Gasteiger partial charge on any atom is -0.491 e. The van der Waals surface area contributed by atoms with E-state index in [-0.39, 0.29) is 12.4 Å². The average Bonchev–Trinajstić information content (AvgIpc) is 2.51. The van der Waals surface area contributed by atoms with Crippen LogP contribution in [0.2, 0.25) is 5.02 Å². The van der Waals surface area contributed by atoms with E-state index < -0.39 is 0 Å². The highest BCUT2D eigenvalue weighted by atomic mass is 35.5. The molecule has 0 amide bonds. The van der Waals surface area contributed by atoms with Gasteiger partial charge in [-0.1, -0.05) is 41.9 Å². The summed E-state index contributed by atoms with van der Waals surface area (Å²) in [6.45, 7) is 5.15. The molecule has 0 N–H and O–H groups in total. The number of halogens is 2. The van der Waals surface area contributed by atoms with E-state index in [0.717, 1.165) is 49.4 Å². The van der Waals surface area contributed by atoms with Crippen molar-refractivity contribution >= 4 is 34.8 Å². The van der Waals surface area contributed by atoms with Crippen LogP contribution in [0, 0.1) is 0 Å². The minimum atomic E-state index is 0. The molecule has 1 saturated heterocycles. The van der Waals surface area contributed by atoms with E-state index in [1.54, 1.807) is 0 Å². The van der Waals surface area contributed by atoms with Gasteiger partial charge in [-0.3, -0.25) is 4.90 Å². The monoisotopic (exact) mass is 327 g/mol. The van der Waals surface area contributed by atoms with Crippen molar-refractivity contribution in [1.29, 1.82) is 0 Å². The van der Waals surface area contributed by atoms with Gasteiger partial charge in [0.15, 0.2) is 0 Å². The highest BCUT2D eigenvalue weighted by Crippen LogP contribution is 2.32. The molecule has 0 radical (unpaired) electrons. The van der Waals surface area contributed by atoms with Crippen LogP contribution in [0.1, 0.15) is 0 Å². The fourth-order valence-corrected chi connectivity index (χ4v) is 2.72. The predicted octanol–water partition coefficient (Wildman–Crippen LogP) is 3.63. The van der Waals surface area contributed by atoms with E-state index >= 15 is 0 Å². The van der Waals surface area contributed by atoms with Crippen molar-refractivity contribution in [3.05, 3.63) is 41.4 Å². The third kappa shape index (κ3) is 4.01. The molecule has 3 rings (SSSR count). The maximum Gasteiger partial charge on any atom is 0.138 e. The lowest BCUT2D eigenvalue weighted by Gasteiger charge is -2.26. The summed E-state index contributed by atoms with van der Waals surface area (Å²) in [7, 11) is 0. The molecule has 21 heavy (non-hydrogen) atoms. The first-order valence-corrected chi connectivity index (χ1v) is 7.32. The van der Waals surface area contributed by atoms with Crippen LogP contribution in [0.3, 0.4) is 0 Å². The first kappa shape index (κ1) is 16.4. The van der Waals surface area contributed by atoms with Crippen LogP contribution in [-0.2, 0) is 4.74 Å². The summed E-state index contributed by atoms with van der Waals surface area (Å²) in [5, 5.41) is 2.88. The maximum atomic E-state index is 6.40. The normalized spacial score (nSPS) is 15.7. The molecule has 3 nitrogen and oxygen atoms in total. The lowest BCUT2D eigenvalue weighted by Crippen LogP contribution is -2.38. The number of hydrogen-bond donors (Lipinski definition) is 0. The molecule has 0 unspecified atom stereocenters. The Hall–Kier alpha value is -1.00. The summed E-state index contributed by atoms with van der Waals surface area (Å²) in [5.41, 5.74) is 0. The molecule has 0 spiro atoms. The first-order valence-electron chi connectivity index (χ1n) is 6.95. The van der Waals surface area contributed by atoms with Gasteiger partial charge in [0.1, 0.15) is 12.4 Å². The number of fused-ring (bicyclic) bond motifs is 1. The molecule has 0 bridgehead atoms. The Bertz CT molecular complexity index is 585. The number of rotatable bonds is 4. The maximum absolute atomic E-state index is 6.40. The van der Waals surface area contributed by atoms with E-state index in [9.17, 15) is 0 Å². The summed E-state index contributed by atoms with van der Waals surface area (Å²) >= 11 is 6.40. The van der Waals surface area contributed by atoms with Crippen molar-refractivity contribution in [2.75, 3.05) is 39.5 Å². The Labute approximate surface area is 136 Å². The number of benzene rings is 2. The van der Waals surface area contributed by atoms with Crippen LogP contribution in [0.15, 0.2) is 36.4 Å². The van der Waals surface area contributed by atoms with Crippen LogP contribution in [-0.4, -0.2) is 44.4 Å². The Balaban J connectivity index is 0.00000161. The largest absolute Gasteiger partial charge is 0.491 e.